The van der Waals surface area contributed by atoms with E-state index in [9.17, 15) is 8.42 Å². The summed E-state index contributed by atoms with van der Waals surface area (Å²) >= 11 is 0. The molecule has 116 valence electrons. The number of hydrogen-bond acceptors (Lipinski definition) is 4. The summed E-state index contributed by atoms with van der Waals surface area (Å²) < 4.78 is 29.0. The van der Waals surface area contributed by atoms with Crippen molar-refractivity contribution in [2.45, 2.75) is 51.5 Å². The standard InChI is InChI=1S/C13H26N4O2S/c1-6-12(7-2)17(9-8-14)20(18,19)13-10(3)15-16(5)11(13)4/h12H,6-9,14H2,1-5H3. The van der Waals surface area contributed by atoms with Crippen LogP contribution in [0.4, 0.5) is 0 Å². The van der Waals surface area contributed by atoms with Gasteiger partial charge in [0.2, 0.25) is 10.0 Å². The van der Waals surface area contributed by atoms with E-state index in [2.05, 4.69) is 5.10 Å². The summed E-state index contributed by atoms with van der Waals surface area (Å²) in [6, 6.07) is -0.0254. The van der Waals surface area contributed by atoms with Crippen molar-refractivity contribution in [3.05, 3.63) is 11.4 Å². The molecule has 0 radical (unpaired) electrons. The molecule has 0 spiro atoms. The number of rotatable bonds is 7. The van der Waals surface area contributed by atoms with Crippen LogP contribution in [0.15, 0.2) is 4.90 Å². The Morgan fingerprint density at radius 1 is 1.30 bits per heavy atom. The average molecular weight is 302 g/mol. The van der Waals surface area contributed by atoms with Gasteiger partial charge in [0, 0.05) is 26.2 Å². The van der Waals surface area contributed by atoms with Crippen LogP contribution in [0.25, 0.3) is 0 Å². The quantitative estimate of drug-likeness (QED) is 0.820. The molecule has 20 heavy (non-hydrogen) atoms. The molecule has 0 saturated carbocycles. The molecule has 0 atom stereocenters. The summed E-state index contributed by atoms with van der Waals surface area (Å²) in [7, 11) is -1.80. The molecule has 0 unspecified atom stereocenters. The third-order valence-electron chi connectivity index (χ3n) is 3.71. The van der Waals surface area contributed by atoms with Gasteiger partial charge in [-0.05, 0) is 26.7 Å². The SMILES string of the molecule is CCC(CC)N(CCN)S(=O)(=O)c1c(C)nn(C)c1C. The van der Waals surface area contributed by atoms with Gasteiger partial charge >= 0.3 is 0 Å². The van der Waals surface area contributed by atoms with Crippen molar-refractivity contribution >= 4 is 10.0 Å². The molecule has 1 aromatic heterocycles. The molecular formula is C13H26N4O2S. The second-order valence-electron chi connectivity index (χ2n) is 5.00. The molecule has 1 rings (SSSR count). The van der Waals surface area contributed by atoms with Crippen molar-refractivity contribution in [3.8, 4) is 0 Å². The first-order valence-corrected chi connectivity index (χ1v) is 8.47. The van der Waals surface area contributed by atoms with Gasteiger partial charge < -0.3 is 5.73 Å². The number of aromatic nitrogens is 2. The summed E-state index contributed by atoms with van der Waals surface area (Å²) in [5, 5.41) is 4.21. The van der Waals surface area contributed by atoms with Crippen molar-refractivity contribution < 1.29 is 8.42 Å². The Labute approximate surface area is 122 Å². The van der Waals surface area contributed by atoms with Gasteiger partial charge in [0.1, 0.15) is 4.90 Å². The molecular weight excluding hydrogens is 276 g/mol. The van der Waals surface area contributed by atoms with E-state index in [-0.39, 0.29) is 6.04 Å². The number of nitrogens with zero attached hydrogens (tertiary/aromatic N) is 3. The zero-order valence-electron chi connectivity index (χ0n) is 13.0. The van der Waals surface area contributed by atoms with Gasteiger partial charge in [-0.2, -0.15) is 9.40 Å². The highest BCUT2D eigenvalue weighted by Gasteiger charge is 2.33. The Morgan fingerprint density at radius 3 is 2.20 bits per heavy atom. The Bertz CT molecular complexity index is 547. The molecule has 7 heteroatoms. The van der Waals surface area contributed by atoms with Crippen LogP contribution in [-0.4, -0.2) is 41.6 Å². The van der Waals surface area contributed by atoms with Gasteiger partial charge in [-0.1, -0.05) is 13.8 Å². The summed E-state index contributed by atoms with van der Waals surface area (Å²) in [4.78, 5) is 0.320. The number of nitrogens with two attached hydrogens (primary N) is 1. The summed E-state index contributed by atoms with van der Waals surface area (Å²) in [5.74, 6) is 0. The Hall–Kier alpha value is -0.920. The minimum Gasteiger partial charge on any atom is -0.329 e. The topological polar surface area (TPSA) is 81.2 Å². The molecule has 0 saturated heterocycles. The molecule has 1 aromatic rings. The average Bonchev–Trinajstić information content (AvgIpc) is 2.63. The van der Waals surface area contributed by atoms with E-state index in [1.54, 1.807) is 25.6 Å². The first-order valence-electron chi connectivity index (χ1n) is 7.03. The fourth-order valence-corrected chi connectivity index (χ4v) is 4.76. The van der Waals surface area contributed by atoms with Gasteiger partial charge in [0.25, 0.3) is 0 Å². The van der Waals surface area contributed by atoms with E-state index >= 15 is 0 Å². The Morgan fingerprint density at radius 2 is 1.85 bits per heavy atom. The summed E-state index contributed by atoms with van der Waals surface area (Å²) in [5.41, 5.74) is 6.81. The number of aryl methyl sites for hydroxylation is 2. The van der Waals surface area contributed by atoms with Crippen molar-refractivity contribution in [2.75, 3.05) is 13.1 Å². The summed E-state index contributed by atoms with van der Waals surface area (Å²) in [6.45, 7) is 8.15. The lowest BCUT2D eigenvalue weighted by molar-refractivity contribution is 0.309. The molecule has 0 aromatic carbocycles. The predicted molar refractivity (Wildman–Crippen MR) is 80.0 cm³/mol. The first kappa shape index (κ1) is 17.1. The van der Waals surface area contributed by atoms with Crippen molar-refractivity contribution in [3.63, 3.8) is 0 Å². The van der Waals surface area contributed by atoms with Crippen molar-refractivity contribution in [1.82, 2.24) is 14.1 Å². The highest BCUT2D eigenvalue weighted by atomic mass is 32.2. The van der Waals surface area contributed by atoms with Crippen LogP contribution in [0.2, 0.25) is 0 Å². The maximum Gasteiger partial charge on any atom is 0.247 e. The third kappa shape index (κ3) is 3.05. The third-order valence-corrected chi connectivity index (χ3v) is 5.91. The van der Waals surface area contributed by atoms with E-state index in [0.29, 0.717) is 29.4 Å². The van der Waals surface area contributed by atoms with Crippen LogP contribution in [0, 0.1) is 13.8 Å². The van der Waals surface area contributed by atoms with Crippen LogP contribution in [0.1, 0.15) is 38.1 Å². The second-order valence-corrected chi connectivity index (χ2v) is 6.83. The first-order chi connectivity index (χ1) is 9.31. The summed E-state index contributed by atoms with van der Waals surface area (Å²) in [6.07, 6.45) is 1.54. The fraction of sp³-hybridized carbons (Fsp3) is 0.769. The highest BCUT2D eigenvalue weighted by Crippen LogP contribution is 2.26. The predicted octanol–water partition coefficient (Wildman–Crippen LogP) is 1.17. The van der Waals surface area contributed by atoms with Gasteiger partial charge in [-0.15, -0.1) is 0 Å². The zero-order chi connectivity index (χ0) is 15.5. The lowest BCUT2D eigenvalue weighted by Gasteiger charge is -2.29. The molecule has 2 N–H and O–H groups in total. The molecule has 1 heterocycles. The number of sulfonamides is 1. The maximum atomic E-state index is 13.0. The van der Waals surface area contributed by atoms with Crippen LogP contribution < -0.4 is 5.73 Å². The van der Waals surface area contributed by atoms with E-state index in [0.717, 1.165) is 12.8 Å². The molecule has 0 aliphatic carbocycles. The van der Waals surface area contributed by atoms with E-state index in [1.165, 1.54) is 4.31 Å². The van der Waals surface area contributed by atoms with E-state index in [1.807, 2.05) is 13.8 Å². The van der Waals surface area contributed by atoms with E-state index in [4.69, 9.17) is 5.73 Å². The molecule has 0 aliphatic heterocycles. The minimum atomic E-state index is -3.56. The van der Waals surface area contributed by atoms with E-state index < -0.39 is 10.0 Å². The van der Waals surface area contributed by atoms with Crippen molar-refractivity contribution in [2.24, 2.45) is 12.8 Å². The molecule has 0 fully saturated rings. The molecule has 0 amide bonds. The monoisotopic (exact) mass is 302 g/mol. The normalized spacial score (nSPS) is 12.6. The van der Waals surface area contributed by atoms with Gasteiger partial charge in [0.15, 0.2) is 0 Å². The zero-order valence-corrected chi connectivity index (χ0v) is 13.9. The van der Waals surface area contributed by atoms with Crippen LogP contribution >= 0.6 is 0 Å². The van der Waals surface area contributed by atoms with Crippen LogP contribution in [-0.2, 0) is 17.1 Å². The molecule has 6 nitrogen and oxygen atoms in total. The molecule has 0 aliphatic rings. The van der Waals surface area contributed by atoms with Gasteiger partial charge in [-0.25, -0.2) is 8.42 Å². The van der Waals surface area contributed by atoms with Crippen molar-refractivity contribution in [1.29, 1.82) is 0 Å². The van der Waals surface area contributed by atoms with Crippen LogP contribution in [0.3, 0.4) is 0 Å². The Kier molecular flexibility index (Phi) is 5.73. The fourth-order valence-electron chi connectivity index (χ4n) is 2.57. The number of hydrogen-bond donors (Lipinski definition) is 1. The molecule has 0 bridgehead atoms. The highest BCUT2D eigenvalue weighted by molar-refractivity contribution is 7.89. The Balaban J connectivity index is 3.36. The largest absolute Gasteiger partial charge is 0.329 e. The van der Waals surface area contributed by atoms with Crippen LogP contribution in [0.5, 0.6) is 0 Å². The second kappa shape index (κ2) is 6.69. The van der Waals surface area contributed by atoms with Gasteiger partial charge in [-0.3, -0.25) is 4.68 Å². The van der Waals surface area contributed by atoms with Gasteiger partial charge in [0.05, 0.1) is 11.4 Å². The maximum absolute atomic E-state index is 13.0. The lowest BCUT2D eigenvalue weighted by atomic mass is 10.2. The lowest BCUT2D eigenvalue weighted by Crippen LogP contribution is -2.43. The smallest absolute Gasteiger partial charge is 0.247 e. The minimum absolute atomic E-state index is 0.0254.